The Labute approximate surface area is 395 Å². The number of pyridine rings is 1. The van der Waals surface area contributed by atoms with Crippen molar-refractivity contribution in [2.45, 2.75) is 85.4 Å². The molecule has 0 atom stereocenters. The van der Waals surface area contributed by atoms with Crippen LogP contribution < -0.4 is 14.5 Å². The first-order valence-corrected chi connectivity index (χ1v) is 23.0. The number of anilines is 4. The number of rotatable bonds is 7. The monoisotopic (exact) mass is 867 g/mol. The summed E-state index contributed by atoms with van der Waals surface area (Å²) in [6.45, 7) is 18.5. The number of hydrogen-bond acceptors (Lipinski definition) is 4. The summed E-state index contributed by atoms with van der Waals surface area (Å²) in [5.74, 6) is 1.87. The highest BCUT2D eigenvalue weighted by atomic mass is 16.5. The van der Waals surface area contributed by atoms with Crippen LogP contribution in [-0.4, -0.2) is 16.2 Å². The predicted octanol–water partition coefficient (Wildman–Crippen LogP) is 16.8. The van der Waals surface area contributed by atoms with Crippen molar-refractivity contribution in [2.75, 3.05) is 16.5 Å². The van der Waals surface area contributed by atoms with Crippen LogP contribution in [0.5, 0.6) is 11.5 Å². The first-order chi connectivity index (χ1) is 32.7. The molecule has 7 aromatic carbocycles. The van der Waals surface area contributed by atoms with Gasteiger partial charge in [0.1, 0.15) is 24.0 Å². The highest BCUT2D eigenvalue weighted by Gasteiger charge is 2.30. The second-order valence-electron chi connectivity index (χ2n) is 20.9. The van der Waals surface area contributed by atoms with Crippen LogP contribution in [-0.2, 0) is 16.2 Å². The Balaban J connectivity index is 1.05. The van der Waals surface area contributed by atoms with E-state index in [1.807, 2.05) is 54.6 Å². The normalized spacial score (nSPS) is 14.0. The zero-order valence-corrected chi connectivity index (χ0v) is 39.6. The first-order valence-electron chi connectivity index (χ1n) is 24.5. The summed E-state index contributed by atoms with van der Waals surface area (Å²) in [5, 5.41) is 2.03. The molecule has 0 saturated heterocycles. The largest absolute Gasteiger partial charge is 0.457 e. The Bertz CT molecular complexity index is 3350. The molecule has 0 aliphatic carbocycles. The maximum atomic E-state index is 8.74. The fraction of sp³-hybridized carbons (Fsp3) is 0.230. The van der Waals surface area contributed by atoms with Crippen molar-refractivity contribution in [2.24, 2.45) is 0 Å². The summed E-state index contributed by atoms with van der Waals surface area (Å²) < 4.78 is 35.1. The fourth-order valence-corrected chi connectivity index (χ4v) is 9.21. The van der Waals surface area contributed by atoms with Crippen LogP contribution in [0, 0.1) is 6.85 Å². The smallest absolute Gasteiger partial charge is 0.137 e. The van der Waals surface area contributed by atoms with Crippen molar-refractivity contribution in [3.8, 4) is 39.6 Å². The lowest BCUT2D eigenvalue weighted by atomic mass is 9.80. The van der Waals surface area contributed by atoms with Crippen LogP contribution in [0.3, 0.4) is 0 Å². The zero-order valence-electron chi connectivity index (χ0n) is 42.6. The lowest BCUT2D eigenvalue weighted by Crippen LogP contribution is -2.25. The lowest BCUT2D eigenvalue weighted by molar-refractivity contribution is 0.483. The number of aryl methyl sites for hydroxylation is 1. The fourth-order valence-electron chi connectivity index (χ4n) is 9.21. The van der Waals surface area contributed by atoms with Gasteiger partial charge in [-0.2, -0.15) is 0 Å². The molecule has 0 radical (unpaired) electrons. The van der Waals surface area contributed by atoms with Gasteiger partial charge in [-0.25, -0.2) is 4.98 Å². The van der Waals surface area contributed by atoms with Crippen LogP contribution in [0.1, 0.15) is 88.7 Å². The number of benzene rings is 7. The van der Waals surface area contributed by atoms with Gasteiger partial charge in [-0.1, -0.05) is 147 Å². The van der Waals surface area contributed by atoms with Gasteiger partial charge in [0, 0.05) is 50.2 Å². The minimum absolute atomic E-state index is 0.00963. The van der Waals surface area contributed by atoms with Crippen molar-refractivity contribution in [3.05, 3.63) is 192 Å². The molecule has 5 nitrogen and oxygen atoms in total. The number of para-hydroxylation sites is 2. The van der Waals surface area contributed by atoms with E-state index >= 15 is 0 Å². The molecule has 0 N–H and O–H groups in total. The Hall–Kier alpha value is -7.11. The van der Waals surface area contributed by atoms with Gasteiger partial charge >= 0.3 is 0 Å². The van der Waals surface area contributed by atoms with Gasteiger partial charge in [0.25, 0.3) is 0 Å². The van der Waals surface area contributed by atoms with E-state index in [1.165, 1.54) is 22.4 Å². The molecule has 5 heteroatoms. The molecule has 0 unspecified atom stereocenters. The third-order valence-electron chi connectivity index (χ3n) is 13.1. The molecule has 3 heterocycles. The van der Waals surface area contributed by atoms with Crippen molar-refractivity contribution in [3.63, 3.8) is 0 Å². The second kappa shape index (κ2) is 16.1. The van der Waals surface area contributed by atoms with Gasteiger partial charge in [0.2, 0.25) is 0 Å². The Morgan fingerprint density at radius 1 is 0.485 bits per heavy atom. The predicted molar refractivity (Wildman–Crippen MR) is 279 cm³/mol. The maximum Gasteiger partial charge on any atom is 0.137 e. The summed E-state index contributed by atoms with van der Waals surface area (Å²) in [6, 6.07) is 56.8. The Morgan fingerprint density at radius 2 is 1.12 bits per heavy atom. The molecule has 0 fully saturated rings. The molecule has 2 aromatic heterocycles. The third-order valence-corrected chi connectivity index (χ3v) is 13.1. The number of nitrogens with zero attached hydrogens (tertiary/aromatic N) is 4. The van der Waals surface area contributed by atoms with Gasteiger partial charge in [-0.3, -0.25) is 4.57 Å². The summed E-state index contributed by atoms with van der Waals surface area (Å²) in [5.41, 5.74) is 13.9. The van der Waals surface area contributed by atoms with Gasteiger partial charge in [0.05, 0.1) is 22.4 Å². The van der Waals surface area contributed by atoms with Crippen molar-refractivity contribution >= 4 is 44.6 Å². The van der Waals surface area contributed by atoms with E-state index in [-0.39, 0.29) is 21.8 Å². The van der Waals surface area contributed by atoms with E-state index in [2.05, 4.69) is 180 Å². The molecule has 1 aliphatic heterocycles. The molecule has 0 saturated carbocycles. The minimum atomic E-state index is -2.40. The van der Waals surface area contributed by atoms with E-state index in [1.54, 1.807) is 12.3 Å². The molecule has 66 heavy (non-hydrogen) atoms. The number of fused-ring (bicyclic) bond motifs is 4. The van der Waals surface area contributed by atoms with E-state index in [9.17, 15) is 0 Å². The van der Waals surface area contributed by atoms with Crippen LogP contribution in [0.4, 0.5) is 22.7 Å². The minimum Gasteiger partial charge on any atom is -0.457 e. The molecule has 9 aromatic rings. The van der Waals surface area contributed by atoms with Gasteiger partial charge in [-0.05, 0) is 129 Å². The van der Waals surface area contributed by atoms with Crippen LogP contribution >= 0.6 is 0 Å². The summed E-state index contributed by atoms with van der Waals surface area (Å²) in [4.78, 5) is 9.81. The first kappa shape index (κ1) is 39.3. The van der Waals surface area contributed by atoms with E-state index < -0.39 is 6.85 Å². The van der Waals surface area contributed by atoms with E-state index in [4.69, 9.17) is 13.8 Å². The molecular formula is C61H60N4O. The molecule has 330 valence electrons. The zero-order chi connectivity index (χ0) is 48.6. The van der Waals surface area contributed by atoms with Crippen LogP contribution in [0.15, 0.2) is 170 Å². The lowest BCUT2D eigenvalue weighted by Gasteiger charge is -2.29. The SMILES string of the molecule is [2H]C([2H])([2H])c1cc(-n2c3ccc(-c4ccccc4)cc3c3ccc(Oc4cccc(N5CN(c6cc(C(C)(C)C)cc(C(C)(C)C)c6)c6ccccc65)c4)cc32)ncc1-c1ccc(C(C)(C)C)cc1. The standard InChI is InChI=1S/C61H60N4O/c1-40-31-58(62-38-53(40)42-23-26-44(27-24-42)59(2,3)4)65-54-30-25-43(41-17-12-11-13-18-41)32-52(54)51-29-28-50(37-57(51)65)66-49-20-16-19-47(36-49)63-39-64(56-22-15-14-21-55(56)63)48-34-45(60(5,6)7)33-46(35-48)61(8,9)10/h11-38H,39H2,1-10H3/i1D3. The summed E-state index contributed by atoms with van der Waals surface area (Å²) in [6.07, 6.45) is 1.72. The number of aromatic nitrogens is 2. The number of ether oxygens (including phenoxy) is 1. The highest BCUT2D eigenvalue weighted by molar-refractivity contribution is 6.10. The summed E-state index contributed by atoms with van der Waals surface area (Å²) in [7, 11) is 0. The van der Waals surface area contributed by atoms with Crippen molar-refractivity contribution in [1.82, 2.24) is 9.55 Å². The molecule has 1 aliphatic rings. The third kappa shape index (κ3) is 8.02. The highest BCUT2D eigenvalue weighted by Crippen LogP contribution is 2.47. The molecule has 0 bridgehead atoms. The average molecular weight is 868 g/mol. The topological polar surface area (TPSA) is 33.5 Å². The summed E-state index contributed by atoms with van der Waals surface area (Å²) >= 11 is 0. The van der Waals surface area contributed by atoms with Gasteiger partial charge < -0.3 is 14.5 Å². The van der Waals surface area contributed by atoms with Gasteiger partial charge in [0.15, 0.2) is 0 Å². The van der Waals surface area contributed by atoms with Crippen molar-refractivity contribution < 1.29 is 8.85 Å². The van der Waals surface area contributed by atoms with E-state index in [0.717, 1.165) is 55.6 Å². The molecule has 0 amide bonds. The van der Waals surface area contributed by atoms with Crippen LogP contribution in [0.2, 0.25) is 0 Å². The molecule has 0 spiro atoms. The van der Waals surface area contributed by atoms with E-state index in [0.29, 0.717) is 29.5 Å². The Morgan fingerprint density at radius 3 is 1.79 bits per heavy atom. The van der Waals surface area contributed by atoms with Crippen LogP contribution in [0.25, 0.3) is 49.9 Å². The second-order valence-corrected chi connectivity index (χ2v) is 20.9. The number of hydrogen-bond donors (Lipinski definition) is 0. The quantitative estimate of drug-likeness (QED) is 0.160. The maximum absolute atomic E-state index is 8.74. The Kier molecular flexibility index (Phi) is 9.58. The van der Waals surface area contributed by atoms with Crippen molar-refractivity contribution in [1.29, 1.82) is 0 Å². The van der Waals surface area contributed by atoms with Gasteiger partial charge in [-0.15, -0.1) is 0 Å². The average Bonchev–Trinajstić information content (AvgIpc) is 3.86. The molecular weight excluding hydrogens is 805 g/mol. The molecule has 10 rings (SSSR count).